The van der Waals surface area contributed by atoms with E-state index >= 15 is 0 Å². The van der Waals surface area contributed by atoms with E-state index < -0.39 is 12.0 Å². The van der Waals surface area contributed by atoms with E-state index in [9.17, 15) is 14.4 Å². The molecule has 1 aliphatic rings. The molecule has 0 radical (unpaired) electrons. The summed E-state index contributed by atoms with van der Waals surface area (Å²) >= 11 is 0. The zero-order valence-electron chi connectivity index (χ0n) is 14.5. The topological polar surface area (TPSA) is 93.1 Å². The number of benzene rings is 1. The lowest BCUT2D eigenvalue weighted by atomic mass is 10.0. The number of amides is 1. The van der Waals surface area contributed by atoms with Gasteiger partial charge in [0.1, 0.15) is 0 Å². The van der Waals surface area contributed by atoms with E-state index in [1.807, 2.05) is 0 Å². The van der Waals surface area contributed by atoms with Crippen LogP contribution in [0.1, 0.15) is 49.4 Å². The van der Waals surface area contributed by atoms with Gasteiger partial charge in [-0.2, -0.15) is 0 Å². The molecule has 1 N–H and O–H groups in total. The number of unbranched alkanes of at least 4 members (excludes halogenated alkanes) is 2. The minimum absolute atomic E-state index is 0.114. The fourth-order valence-corrected chi connectivity index (χ4v) is 2.59. The van der Waals surface area contributed by atoms with E-state index in [2.05, 4.69) is 0 Å². The van der Waals surface area contributed by atoms with Crippen LogP contribution >= 0.6 is 0 Å². The molecule has 136 valence electrons. The Hall–Kier alpha value is -2.57. The van der Waals surface area contributed by atoms with E-state index in [1.165, 1.54) is 4.90 Å². The Balaban J connectivity index is 1.85. The third-order valence-corrected chi connectivity index (χ3v) is 4.29. The molecule has 1 aliphatic heterocycles. The number of ketones is 1. The highest BCUT2D eigenvalue weighted by molar-refractivity contribution is 6.02. The molecule has 0 saturated carbocycles. The van der Waals surface area contributed by atoms with Crippen LogP contribution in [0.4, 0.5) is 0 Å². The van der Waals surface area contributed by atoms with Crippen LogP contribution in [-0.4, -0.2) is 47.5 Å². The Bertz CT molecular complexity index is 657. The van der Waals surface area contributed by atoms with E-state index in [1.54, 1.807) is 32.2 Å². The zero-order chi connectivity index (χ0) is 18.4. The minimum Gasteiger partial charge on any atom is -0.481 e. The summed E-state index contributed by atoms with van der Waals surface area (Å²) in [5.41, 5.74) is 0.470. The highest BCUT2D eigenvalue weighted by Gasteiger charge is 2.25. The number of fused-ring (bicyclic) bond motifs is 1. The third kappa shape index (κ3) is 4.95. The van der Waals surface area contributed by atoms with Crippen LogP contribution in [0, 0.1) is 0 Å². The molecule has 2 rings (SSSR count). The number of aliphatic carboxylic acids is 1. The molecule has 0 saturated heterocycles. The fraction of sp³-hybridized carbons (Fsp3) is 0.500. The quantitative estimate of drug-likeness (QED) is 0.544. The molecule has 0 aliphatic carbocycles. The molecule has 0 spiro atoms. The molecular formula is C18H23NO6. The van der Waals surface area contributed by atoms with Crippen molar-refractivity contribution < 1.29 is 29.0 Å². The highest BCUT2D eigenvalue weighted by atomic mass is 16.7. The van der Waals surface area contributed by atoms with Crippen LogP contribution < -0.4 is 9.47 Å². The standard InChI is InChI=1S/C18H23NO6/c1-12(19(2)16(20)6-4-3-5-7-17(21)22)18(23)13-8-9-14-15(10-13)25-11-24-14/h8-10,12H,3-7,11H2,1-2H3,(H,21,22)/t12-/m0/s1. The van der Waals surface area contributed by atoms with E-state index in [4.69, 9.17) is 14.6 Å². The van der Waals surface area contributed by atoms with Crippen molar-refractivity contribution in [3.05, 3.63) is 23.8 Å². The monoisotopic (exact) mass is 349 g/mol. The first-order valence-corrected chi connectivity index (χ1v) is 8.31. The van der Waals surface area contributed by atoms with Crippen molar-refractivity contribution in [2.24, 2.45) is 0 Å². The first-order valence-electron chi connectivity index (χ1n) is 8.31. The Labute approximate surface area is 146 Å². The summed E-state index contributed by atoms with van der Waals surface area (Å²) in [6, 6.07) is 4.39. The number of carboxylic acids is 1. The number of nitrogens with zero attached hydrogens (tertiary/aromatic N) is 1. The van der Waals surface area contributed by atoms with Crippen LogP contribution in [0.15, 0.2) is 18.2 Å². The van der Waals surface area contributed by atoms with E-state index in [-0.39, 0.29) is 24.9 Å². The molecule has 1 aromatic carbocycles. The van der Waals surface area contributed by atoms with Crippen molar-refractivity contribution in [3.8, 4) is 11.5 Å². The van der Waals surface area contributed by atoms with Gasteiger partial charge in [-0.25, -0.2) is 0 Å². The average molecular weight is 349 g/mol. The van der Waals surface area contributed by atoms with Crippen LogP contribution in [0.2, 0.25) is 0 Å². The Morgan fingerprint density at radius 2 is 1.80 bits per heavy atom. The van der Waals surface area contributed by atoms with Gasteiger partial charge in [0.2, 0.25) is 12.7 Å². The van der Waals surface area contributed by atoms with Crippen molar-refractivity contribution in [2.75, 3.05) is 13.8 Å². The third-order valence-electron chi connectivity index (χ3n) is 4.29. The van der Waals surface area contributed by atoms with Gasteiger partial charge < -0.3 is 19.5 Å². The Morgan fingerprint density at radius 3 is 2.52 bits per heavy atom. The van der Waals surface area contributed by atoms with E-state index in [0.29, 0.717) is 42.7 Å². The SMILES string of the molecule is C[C@@H](C(=O)c1ccc2c(c1)OCO2)N(C)C(=O)CCCCCC(=O)O. The van der Waals surface area contributed by atoms with E-state index in [0.717, 1.165) is 0 Å². The number of likely N-dealkylation sites (N-methyl/N-ethyl adjacent to an activating group) is 1. The maximum Gasteiger partial charge on any atom is 0.303 e. The largest absolute Gasteiger partial charge is 0.481 e. The second-order valence-corrected chi connectivity index (χ2v) is 6.07. The van der Waals surface area contributed by atoms with Crippen molar-refractivity contribution in [2.45, 2.75) is 45.1 Å². The van der Waals surface area contributed by atoms with Gasteiger partial charge in [-0.3, -0.25) is 14.4 Å². The molecule has 0 unspecified atom stereocenters. The fourth-order valence-electron chi connectivity index (χ4n) is 2.59. The second kappa shape index (κ2) is 8.50. The minimum atomic E-state index is -0.827. The maximum absolute atomic E-state index is 12.6. The van der Waals surface area contributed by atoms with Crippen molar-refractivity contribution in [1.82, 2.24) is 4.90 Å². The summed E-state index contributed by atoms with van der Waals surface area (Å²) in [6.07, 6.45) is 2.26. The van der Waals surface area contributed by atoms with Gasteiger partial charge in [0.05, 0.1) is 6.04 Å². The molecule has 0 aromatic heterocycles. The van der Waals surface area contributed by atoms with Crippen molar-refractivity contribution >= 4 is 17.7 Å². The predicted molar refractivity (Wildman–Crippen MR) is 89.8 cm³/mol. The number of Topliss-reactive ketones (excluding diaryl/α,β-unsaturated/α-hetero) is 1. The average Bonchev–Trinajstić information content (AvgIpc) is 3.06. The molecule has 1 aromatic rings. The molecule has 7 nitrogen and oxygen atoms in total. The van der Waals surface area contributed by atoms with Gasteiger partial charge in [-0.05, 0) is 38.0 Å². The zero-order valence-corrected chi connectivity index (χ0v) is 14.5. The molecule has 0 fully saturated rings. The lowest BCUT2D eigenvalue weighted by Gasteiger charge is -2.24. The summed E-state index contributed by atoms with van der Waals surface area (Å²) in [6.45, 7) is 1.83. The number of hydrogen-bond donors (Lipinski definition) is 1. The van der Waals surface area contributed by atoms with Crippen LogP contribution in [-0.2, 0) is 9.59 Å². The highest BCUT2D eigenvalue weighted by Crippen LogP contribution is 2.33. The van der Waals surface area contributed by atoms with Gasteiger partial charge in [0, 0.05) is 25.5 Å². The molecule has 1 amide bonds. The summed E-state index contributed by atoms with van der Waals surface area (Å²) in [7, 11) is 1.61. The number of rotatable bonds is 9. The van der Waals surface area contributed by atoms with Crippen LogP contribution in [0.5, 0.6) is 11.5 Å². The Kier molecular flexibility index (Phi) is 6.38. The van der Waals surface area contributed by atoms with Gasteiger partial charge >= 0.3 is 5.97 Å². The second-order valence-electron chi connectivity index (χ2n) is 6.07. The number of carboxylic acid groups (broad SMARTS) is 1. The van der Waals surface area contributed by atoms with Crippen LogP contribution in [0.25, 0.3) is 0 Å². The molecule has 25 heavy (non-hydrogen) atoms. The molecule has 1 atom stereocenters. The molecule has 7 heteroatoms. The first kappa shape index (κ1) is 18.8. The Morgan fingerprint density at radius 1 is 1.12 bits per heavy atom. The number of carbonyl (C=O) groups is 3. The van der Waals surface area contributed by atoms with Crippen molar-refractivity contribution in [3.63, 3.8) is 0 Å². The maximum atomic E-state index is 12.6. The number of hydrogen-bond acceptors (Lipinski definition) is 5. The lowest BCUT2D eigenvalue weighted by molar-refractivity contribution is -0.137. The van der Waals surface area contributed by atoms with Gasteiger partial charge in [-0.1, -0.05) is 6.42 Å². The molecular weight excluding hydrogens is 326 g/mol. The normalized spacial score (nSPS) is 13.4. The number of carbonyl (C=O) groups excluding carboxylic acids is 2. The smallest absolute Gasteiger partial charge is 0.303 e. The predicted octanol–water partition coefficient (Wildman–Crippen LogP) is 2.48. The van der Waals surface area contributed by atoms with Gasteiger partial charge in [-0.15, -0.1) is 0 Å². The van der Waals surface area contributed by atoms with Gasteiger partial charge in [0.15, 0.2) is 17.3 Å². The molecule has 1 heterocycles. The summed E-state index contributed by atoms with van der Waals surface area (Å²) < 4.78 is 10.5. The molecule has 0 bridgehead atoms. The number of ether oxygens (including phenoxy) is 2. The summed E-state index contributed by atoms with van der Waals surface area (Å²) in [4.78, 5) is 36.7. The lowest BCUT2D eigenvalue weighted by Crippen LogP contribution is -2.40. The first-order chi connectivity index (χ1) is 11.9. The summed E-state index contributed by atoms with van der Waals surface area (Å²) in [5, 5.41) is 8.58. The summed E-state index contributed by atoms with van der Waals surface area (Å²) in [5.74, 6) is 0.0174. The van der Waals surface area contributed by atoms with Crippen molar-refractivity contribution in [1.29, 1.82) is 0 Å². The van der Waals surface area contributed by atoms with Gasteiger partial charge in [0.25, 0.3) is 0 Å². The van der Waals surface area contributed by atoms with Crippen LogP contribution in [0.3, 0.4) is 0 Å².